The first-order valence-corrected chi connectivity index (χ1v) is 5.46. The van der Waals surface area contributed by atoms with Crippen LogP contribution in [0.15, 0.2) is 0 Å². The number of hydrazine groups is 1. The van der Waals surface area contributed by atoms with E-state index in [0.29, 0.717) is 6.54 Å². The highest BCUT2D eigenvalue weighted by Gasteiger charge is 2.40. The van der Waals surface area contributed by atoms with Gasteiger partial charge in [-0.25, -0.2) is 13.8 Å². The van der Waals surface area contributed by atoms with Gasteiger partial charge in [0.2, 0.25) is 10.0 Å². The molecule has 64 valence electrons. The summed E-state index contributed by atoms with van der Waals surface area (Å²) < 4.78 is 24.3. The quantitative estimate of drug-likeness (QED) is 0.628. The van der Waals surface area contributed by atoms with Gasteiger partial charge in [-0.2, -0.15) is 0 Å². The zero-order valence-electron chi connectivity index (χ0n) is 6.28. The van der Waals surface area contributed by atoms with Crippen molar-refractivity contribution in [3.8, 4) is 0 Å². The molecule has 0 unspecified atom stereocenters. The van der Waals surface area contributed by atoms with E-state index < -0.39 is 10.0 Å². The van der Waals surface area contributed by atoms with Gasteiger partial charge in [0.25, 0.3) is 0 Å². The largest absolute Gasteiger partial charge is 0.241 e. The summed E-state index contributed by atoms with van der Waals surface area (Å²) in [7, 11) is -2.94. The lowest BCUT2D eigenvalue weighted by molar-refractivity contribution is 0.398. The van der Waals surface area contributed by atoms with E-state index in [0.717, 1.165) is 25.8 Å². The zero-order chi connectivity index (χ0) is 7.90. The van der Waals surface area contributed by atoms with Crippen molar-refractivity contribution in [2.75, 3.05) is 13.1 Å². The summed E-state index contributed by atoms with van der Waals surface area (Å²) in [6.07, 6.45) is 2.63. The van der Waals surface area contributed by atoms with Crippen LogP contribution in [0.1, 0.15) is 19.3 Å². The first kappa shape index (κ1) is 7.52. The average molecular weight is 176 g/mol. The van der Waals surface area contributed by atoms with Gasteiger partial charge < -0.3 is 0 Å². The SMILES string of the molecule is O=S(=O)(C1CC1)N1CCCN1. The van der Waals surface area contributed by atoms with Crippen molar-refractivity contribution in [3.63, 3.8) is 0 Å². The number of hydrogen-bond acceptors (Lipinski definition) is 3. The van der Waals surface area contributed by atoms with Crippen LogP contribution in [-0.4, -0.2) is 31.2 Å². The van der Waals surface area contributed by atoms with Gasteiger partial charge in [-0.15, -0.1) is 4.41 Å². The minimum Gasteiger partial charge on any atom is -0.241 e. The summed E-state index contributed by atoms with van der Waals surface area (Å²) in [5, 5.41) is -0.0758. The average Bonchev–Trinajstić information content (AvgIpc) is 2.66. The van der Waals surface area contributed by atoms with Gasteiger partial charge in [0.05, 0.1) is 5.25 Å². The molecule has 0 radical (unpaired) electrons. The third kappa shape index (κ3) is 1.28. The first-order chi connectivity index (χ1) is 5.21. The molecule has 1 saturated carbocycles. The number of nitrogens with zero attached hydrogens (tertiary/aromatic N) is 1. The van der Waals surface area contributed by atoms with Crippen molar-refractivity contribution >= 4 is 10.0 Å². The number of hydrogen-bond donors (Lipinski definition) is 1. The fourth-order valence-corrected chi connectivity index (χ4v) is 3.02. The van der Waals surface area contributed by atoms with E-state index in [1.807, 2.05) is 0 Å². The molecule has 1 aliphatic carbocycles. The normalized spacial score (nSPS) is 27.6. The lowest BCUT2D eigenvalue weighted by Crippen LogP contribution is -2.38. The molecule has 2 fully saturated rings. The highest BCUT2D eigenvalue weighted by atomic mass is 32.2. The maximum absolute atomic E-state index is 11.5. The van der Waals surface area contributed by atoms with Crippen LogP contribution in [0.3, 0.4) is 0 Å². The fraction of sp³-hybridized carbons (Fsp3) is 1.00. The summed E-state index contributed by atoms with van der Waals surface area (Å²) in [5.41, 5.74) is 2.86. The summed E-state index contributed by atoms with van der Waals surface area (Å²) in [5.74, 6) is 0. The Labute approximate surface area is 66.6 Å². The Kier molecular flexibility index (Phi) is 1.66. The second-order valence-electron chi connectivity index (χ2n) is 3.08. The van der Waals surface area contributed by atoms with E-state index in [2.05, 4.69) is 5.43 Å². The van der Waals surface area contributed by atoms with E-state index in [-0.39, 0.29) is 5.25 Å². The Morgan fingerprint density at radius 3 is 2.55 bits per heavy atom. The van der Waals surface area contributed by atoms with Crippen molar-refractivity contribution in [1.29, 1.82) is 0 Å². The molecule has 0 amide bonds. The second-order valence-corrected chi connectivity index (χ2v) is 5.22. The molecule has 0 aromatic carbocycles. The van der Waals surface area contributed by atoms with E-state index in [1.165, 1.54) is 4.41 Å². The van der Waals surface area contributed by atoms with Crippen LogP contribution >= 0.6 is 0 Å². The van der Waals surface area contributed by atoms with Gasteiger partial charge in [0, 0.05) is 13.1 Å². The van der Waals surface area contributed by atoms with Gasteiger partial charge in [0.15, 0.2) is 0 Å². The third-order valence-electron chi connectivity index (χ3n) is 2.08. The van der Waals surface area contributed by atoms with E-state index in [1.54, 1.807) is 0 Å². The summed E-state index contributed by atoms with van der Waals surface area (Å²) in [4.78, 5) is 0. The Balaban J connectivity index is 2.12. The molecule has 11 heavy (non-hydrogen) atoms. The maximum atomic E-state index is 11.5. The molecular weight excluding hydrogens is 164 g/mol. The molecule has 1 heterocycles. The van der Waals surface area contributed by atoms with Gasteiger partial charge in [-0.3, -0.25) is 0 Å². The van der Waals surface area contributed by atoms with Crippen LogP contribution in [0.4, 0.5) is 0 Å². The van der Waals surface area contributed by atoms with Crippen LogP contribution in [0.5, 0.6) is 0 Å². The predicted molar refractivity (Wildman–Crippen MR) is 41.3 cm³/mol. The predicted octanol–water partition coefficient (Wildman–Crippen LogP) is -0.311. The molecular formula is C6H12N2O2S. The Bertz CT molecular complexity index is 239. The second kappa shape index (κ2) is 2.43. The minimum absolute atomic E-state index is 0.0758. The topological polar surface area (TPSA) is 49.4 Å². The van der Waals surface area contributed by atoms with Crippen LogP contribution in [0, 0.1) is 0 Å². The number of nitrogens with one attached hydrogen (secondary N) is 1. The van der Waals surface area contributed by atoms with Crippen molar-refractivity contribution in [1.82, 2.24) is 9.84 Å². The van der Waals surface area contributed by atoms with E-state index in [9.17, 15) is 8.42 Å². The molecule has 1 N–H and O–H groups in total. The van der Waals surface area contributed by atoms with Gasteiger partial charge in [-0.1, -0.05) is 0 Å². The lowest BCUT2D eigenvalue weighted by Gasteiger charge is -2.14. The molecule has 0 atom stereocenters. The highest BCUT2D eigenvalue weighted by molar-refractivity contribution is 7.90. The summed E-state index contributed by atoms with van der Waals surface area (Å²) in [6, 6.07) is 0. The van der Waals surface area contributed by atoms with E-state index >= 15 is 0 Å². The molecule has 0 spiro atoms. The minimum atomic E-state index is -2.94. The molecule has 0 aromatic heterocycles. The van der Waals surface area contributed by atoms with Crippen molar-refractivity contribution in [2.24, 2.45) is 0 Å². The van der Waals surface area contributed by atoms with Crippen LogP contribution in [0.2, 0.25) is 0 Å². The fourth-order valence-electron chi connectivity index (χ4n) is 1.27. The summed E-state index contributed by atoms with van der Waals surface area (Å²) >= 11 is 0. The lowest BCUT2D eigenvalue weighted by atomic mass is 10.5. The van der Waals surface area contributed by atoms with Crippen molar-refractivity contribution in [3.05, 3.63) is 0 Å². The third-order valence-corrected chi connectivity index (χ3v) is 4.32. The van der Waals surface area contributed by atoms with Crippen molar-refractivity contribution < 1.29 is 8.42 Å². The Morgan fingerprint density at radius 1 is 1.36 bits per heavy atom. The zero-order valence-corrected chi connectivity index (χ0v) is 7.10. The molecule has 0 aromatic rings. The van der Waals surface area contributed by atoms with Gasteiger partial charge in [0.1, 0.15) is 0 Å². The summed E-state index contributed by atoms with van der Waals surface area (Å²) in [6.45, 7) is 1.45. The standard InChI is InChI=1S/C6H12N2O2S/c9-11(10,6-2-3-6)8-5-1-4-7-8/h6-7H,1-5H2. The molecule has 1 aliphatic heterocycles. The maximum Gasteiger partial charge on any atom is 0.229 e. The van der Waals surface area contributed by atoms with Crippen LogP contribution in [0.25, 0.3) is 0 Å². The van der Waals surface area contributed by atoms with Crippen molar-refractivity contribution in [2.45, 2.75) is 24.5 Å². The van der Waals surface area contributed by atoms with Crippen LogP contribution < -0.4 is 5.43 Å². The Morgan fingerprint density at radius 2 is 2.09 bits per heavy atom. The van der Waals surface area contributed by atoms with E-state index in [4.69, 9.17) is 0 Å². The molecule has 5 heteroatoms. The Hall–Kier alpha value is -0.130. The molecule has 1 saturated heterocycles. The first-order valence-electron chi connectivity index (χ1n) is 3.96. The van der Waals surface area contributed by atoms with Gasteiger partial charge >= 0.3 is 0 Å². The monoisotopic (exact) mass is 176 g/mol. The molecule has 0 bridgehead atoms. The highest BCUT2D eigenvalue weighted by Crippen LogP contribution is 2.30. The molecule has 2 aliphatic rings. The van der Waals surface area contributed by atoms with Gasteiger partial charge in [-0.05, 0) is 19.3 Å². The van der Waals surface area contributed by atoms with Crippen LogP contribution in [-0.2, 0) is 10.0 Å². The smallest absolute Gasteiger partial charge is 0.229 e. The molecule has 2 rings (SSSR count). The number of sulfonamides is 1. The number of rotatable bonds is 2. The molecule has 4 nitrogen and oxygen atoms in total.